The lowest BCUT2D eigenvalue weighted by molar-refractivity contribution is -0.139. The minimum atomic E-state index is -0.317. The van der Waals surface area contributed by atoms with Crippen LogP contribution in [0.15, 0.2) is 16.6 Å². The van der Waals surface area contributed by atoms with Gasteiger partial charge in [0.2, 0.25) is 0 Å². The van der Waals surface area contributed by atoms with Crippen molar-refractivity contribution in [1.82, 2.24) is 0 Å². The molecule has 4 nitrogen and oxygen atoms in total. The summed E-state index contributed by atoms with van der Waals surface area (Å²) < 4.78 is 15.7. The fourth-order valence-corrected chi connectivity index (χ4v) is 1.77. The maximum absolute atomic E-state index is 11.2. The zero-order chi connectivity index (χ0) is 12.1. The summed E-state index contributed by atoms with van der Waals surface area (Å²) in [5, 5.41) is 0. The van der Waals surface area contributed by atoms with E-state index in [0.717, 1.165) is 10.0 Å². The molecule has 0 aliphatic carbocycles. The molecule has 0 fully saturated rings. The van der Waals surface area contributed by atoms with E-state index < -0.39 is 0 Å². The molecule has 0 saturated heterocycles. The SMILES string of the molecule is COC(=O)Cc1cc(OC)c(Br)cc1OC. The second kappa shape index (κ2) is 5.75. The smallest absolute Gasteiger partial charge is 0.310 e. The zero-order valence-corrected chi connectivity index (χ0v) is 11.0. The van der Waals surface area contributed by atoms with Crippen LogP contribution in [0, 0.1) is 0 Å². The number of methoxy groups -OCH3 is 3. The van der Waals surface area contributed by atoms with Crippen LogP contribution in [-0.2, 0) is 16.0 Å². The van der Waals surface area contributed by atoms with Gasteiger partial charge in [0.15, 0.2) is 0 Å². The summed E-state index contributed by atoms with van der Waals surface area (Å²) in [5.74, 6) is 0.959. The molecule has 0 spiro atoms. The highest BCUT2D eigenvalue weighted by Crippen LogP contribution is 2.33. The molecule has 5 heteroatoms. The number of halogens is 1. The molecule has 0 aliphatic heterocycles. The maximum atomic E-state index is 11.2. The molecule has 16 heavy (non-hydrogen) atoms. The van der Waals surface area contributed by atoms with E-state index in [0.29, 0.717) is 11.5 Å². The Kier molecular flexibility index (Phi) is 4.61. The van der Waals surface area contributed by atoms with Gasteiger partial charge in [0.1, 0.15) is 11.5 Å². The minimum Gasteiger partial charge on any atom is -0.496 e. The van der Waals surface area contributed by atoms with Crippen LogP contribution in [0.3, 0.4) is 0 Å². The summed E-state index contributed by atoms with van der Waals surface area (Å²) >= 11 is 3.34. The maximum Gasteiger partial charge on any atom is 0.310 e. The van der Waals surface area contributed by atoms with E-state index in [-0.39, 0.29) is 12.4 Å². The van der Waals surface area contributed by atoms with Crippen LogP contribution in [0.2, 0.25) is 0 Å². The summed E-state index contributed by atoms with van der Waals surface area (Å²) in [7, 11) is 4.47. The van der Waals surface area contributed by atoms with Crippen LogP contribution < -0.4 is 9.47 Å². The molecular weight excluding hydrogens is 276 g/mol. The fourth-order valence-electron chi connectivity index (χ4n) is 1.29. The first-order valence-corrected chi connectivity index (χ1v) is 5.39. The number of benzene rings is 1. The third kappa shape index (κ3) is 2.88. The van der Waals surface area contributed by atoms with Gasteiger partial charge in [0.05, 0.1) is 32.2 Å². The normalized spacial score (nSPS) is 9.75. The highest BCUT2D eigenvalue weighted by Gasteiger charge is 2.13. The molecule has 0 N–H and O–H groups in total. The number of hydrogen-bond donors (Lipinski definition) is 0. The van der Waals surface area contributed by atoms with Crippen molar-refractivity contribution in [2.75, 3.05) is 21.3 Å². The summed E-state index contributed by atoms with van der Waals surface area (Å²) in [6.45, 7) is 0. The quantitative estimate of drug-likeness (QED) is 0.797. The van der Waals surface area contributed by atoms with Gasteiger partial charge in [-0.1, -0.05) is 0 Å². The van der Waals surface area contributed by atoms with Crippen molar-refractivity contribution in [3.8, 4) is 11.5 Å². The minimum absolute atomic E-state index is 0.156. The van der Waals surface area contributed by atoms with Gasteiger partial charge in [-0.05, 0) is 28.1 Å². The van der Waals surface area contributed by atoms with E-state index in [4.69, 9.17) is 9.47 Å². The lowest BCUT2D eigenvalue weighted by atomic mass is 10.1. The molecule has 0 amide bonds. The fraction of sp³-hybridized carbons (Fsp3) is 0.364. The molecule has 88 valence electrons. The standard InChI is InChI=1S/C11H13BrO4/c1-14-9-6-8(12)10(15-2)4-7(9)5-11(13)16-3/h4,6H,5H2,1-3H3. The van der Waals surface area contributed by atoms with Crippen LogP contribution >= 0.6 is 15.9 Å². The highest BCUT2D eigenvalue weighted by molar-refractivity contribution is 9.10. The average Bonchev–Trinajstić information content (AvgIpc) is 2.30. The first kappa shape index (κ1) is 12.8. The van der Waals surface area contributed by atoms with Crippen LogP contribution in [0.4, 0.5) is 0 Å². The second-order valence-electron chi connectivity index (χ2n) is 3.05. The second-order valence-corrected chi connectivity index (χ2v) is 3.91. The Labute approximate surface area is 103 Å². The Balaban J connectivity index is 3.09. The molecule has 0 heterocycles. The van der Waals surface area contributed by atoms with Gasteiger partial charge in [-0.25, -0.2) is 0 Å². The molecule has 1 aromatic carbocycles. The van der Waals surface area contributed by atoms with Crippen molar-refractivity contribution >= 4 is 21.9 Å². The topological polar surface area (TPSA) is 44.8 Å². The number of hydrogen-bond acceptors (Lipinski definition) is 4. The lowest BCUT2D eigenvalue weighted by Crippen LogP contribution is -2.06. The third-order valence-electron chi connectivity index (χ3n) is 2.12. The number of esters is 1. The summed E-state index contributed by atoms with van der Waals surface area (Å²) in [4.78, 5) is 11.2. The molecule has 0 aliphatic rings. The Morgan fingerprint density at radius 1 is 1.19 bits per heavy atom. The summed E-state index contributed by atoms with van der Waals surface area (Å²) in [6.07, 6.45) is 0.156. The van der Waals surface area contributed by atoms with Crippen molar-refractivity contribution in [2.45, 2.75) is 6.42 Å². The van der Waals surface area contributed by atoms with Gasteiger partial charge < -0.3 is 14.2 Å². The predicted molar refractivity (Wildman–Crippen MR) is 63.0 cm³/mol. The number of rotatable bonds is 4. The highest BCUT2D eigenvalue weighted by atomic mass is 79.9. The molecular formula is C11H13BrO4. The Morgan fingerprint density at radius 3 is 2.31 bits per heavy atom. The third-order valence-corrected chi connectivity index (χ3v) is 2.74. The van der Waals surface area contributed by atoms with Crippen molar-refractivity contribution in [3.05, 3.63) is 22.2 Å². The van der Waals surface area contributed by atoms with Crippen molar-refractivity contribution in [3.63, 3.8) is 0 Å². The van der Waals surface area contributed by atoms with E-state index >= 15 is 0 Å². The van der Waals surface area contributed by atoms with Gasteiger partial charge in [-0.15, -0.1) is 0 Å². The largest absolute Gasteiger partial charge is 0.496 e. The van der Waals surface area contributed by atoms with Crippen LogP contribution in [0.1, 0.15) is 5.56 Å². The molecule has 0 atom stereocenters. The first-order chi connectivity index (χ1) is 7.62. The van der Waals surface area contributed by atoms with Crippen LogP contribution in [0.25, 0.3) is 0 Å². The lowest BCUT2D eigenvalue weighted by Gasteiger charge is -2.11. The van der Waals surface area contributed by atoms with E-state index in [1.54, 1.807) is 26.4 Å². The van der Waals surface area contributed by atoms with Gasteiger partial charge in [0.25, 0.3) is 0 Å². The van der Waals surface area contributed by atoms with Gasteiger partial charge >= 0.3 is 5.97 Å². The van der Waals surface area contributed by atoms with Crippen molar-refractivity contribution in [2.24, 2.45) is 0 Å². The molecule has 1 aromatic rings. The first-order valence-electron chi connectivity index (χ1n) is 4.59. The van der Waals surface area contributed by atoms with E-state index in [2.05, 4.69) is 20.7 Å². The van der Waals surface area contributed by atoms with Crippen molar-refractivity contribution < 1.29 is 19.0 Å². The molecule has 0 aromatic heterocycles. The van der Waals surface area contributed by atoms with Crippen LogP contribution in [0.5, 0.6) is 11.5 Å². The Morgan fingerprint density at radius 2 is 1.81 bits per heavy atom. The van der Waals surface area contributed by atoms with Gasteiger partial charge in [-0.2, -0.15) is 0 Å². The predicted octanol–water partition coefficient (Wildman–Crippen LogP) is 2.18. The number of carbonyl (C=O) groups is 1. The molecule has 0 radical (unpaired) electrons. The molecule has 0 saturated carbocycles. The number of carbonyl (C=O) groups excluding carboxylic acids is 1. The summed E-state index contributed by atoms with van der Waals surface area (Å²) in [5.41, 5.74) is 0.731. The molecule has 0 bridgehead atoms. The Bertz CT molecular complexity index is 390. The van der Waals surface area contributed by atoms with E-state index in [1.165, 1.54) is 7.11 Å². The molecule has 1 rings (SSSR count). The van der Waals surface area contributed by atoms with Crippen molar-refractivity contribution in [1.29, 1.82) is 0 Å². The number of ether oxygens (including phenoxy) is 3. The van der Waals surface area contributed by atoms with E-state index in [1.807, 2.05) is 0 Å². The molecule has 0 unspecified atom stereocenters. The average molecular weight is 289 g/mol. The van der Waals surface area contributed by atoms with Crippen LogP contribution in [-0.4, -0.2) is 27.3 Å². The monoisotopic (exact) mass is 288 g/mol. The zero-order valence-electron chi connectivity index (χ0n) is 9.37. The van der Waals surface area contributed by atoms with E-state index in [9.17, 15) is 4.79 Å². The summed E-state index contributed by atoms with van der Waals surface area (Å²) in [6, 6.07) is 3.51. The Hall–Kier alpha value is -1.23. The van der Waals surface area contributed by atoms with Gasteiger partial charge in [-0.3, -0.25) is 4.79 Å². The van der Waals surface area contributed by atoms with Gasteiger partial charge in [0, 0.05) is 5.56 Å².